The SMILES string of the molecule is CC1=C(N2CC2)C(=O)C(CCOC(N)=O)=C(N2CC2)C1=O. The molecule has 0 bridgehead atoms. The topological polar surface area (TPSA) is 92.5 Å². The standard InChI is InChI=1S/C14H17N3O4/c1-8-10(16-3-4-16)13(19)9(2-7-21-14(15)20)11(12(8)18)17-5-6-17/h2-7H2,1H3,(H2,15,20). The lowest BCUT2D eigenvalue weighted by Crippen LogP contribution is -2.30. The molecule has 0 atom stereocenters. The van der Waals surface area contributed by atoms with Gasteiger partial charge in [0.1, 0.15) is 0 Å². The zero-order valence-corrected chi connectivity index (χ0v) is 11.8. The number of hydrogen-bond acceptors (Lipinski definition) is 6. The molecule has 7 heteroatoms. The first-order valence-corrected chi connectivity index (χ1v) is 6.96. The van der Waals surface area contributed by atoms with Gasteiger partial charge >= 0.3 is 6.09 Å². The van der Waals surface area contributed by atoms with E-state index >= 15 is 0 Å². The summed E-state index contributed by atoms with van der Waals surface area (Å²) in [5.41, 5.74) is 6.84. The van der Waals surface area contributed by atoms with E-state index in [1.807, 2.05) is 9.80 Å². The van der Waals surface area contributed by atoms with Crippen molar-refractivity contribution in [2.45, 2.75) is 13.3 Å². The van der Waals surface area contributed by atoms with Gasteiger partial charge in [-0.3, -0.25) is 9.59 Å². The Kier molecular flexibility index (Phi) is 3.19. The summed E-state index contributed by atoms with van der Waals surface area (Å²) in [6.45, 7) is 4.87. The van der Waals surface area contributed by atoms with Gasteiger partial charge in [-0.2, -0.15) is 0 Å². The molecule has 2 fully saturated rings. The van der Waals surface area contributed by atoms with Crippen LogP contribution >= 0.6 is 0 Å². The van der Waals surface area contributed by atoms with E-state index in [1.54, 1.807) is 6.92 Å². The molecular formula is C14H17N3O4. The summed E-state index contributed by atoms with van der Waals surface area (Å²) in [6, 6.07) is 0. The Labute approximate surface area is 122 Å². The molecule has 0 saturated carbocycles. The average molecular weight is 291 g/mol. The molecule has 0 aromatic rings. The van der Waals surface area contributed by atoms with Crippen molar-refractivity contribution in [1.82, 2.24) is 9.80 Å². The van der Waals surface area contributed by atoms with Gasteiger partial charge in [-0.05, 0) is 6.92 Å². The maximum Gasteiger partial charge on any atom is 0.404 e. The molecule has 112 valence electrons. The summed E-state index contributed by atoms with van der Waals surface area (Å²) in [5.74, 6) is -0.220. The predicted molar refractivity (Wildman–Crippen MR) is 73.0 cm³/mol. The first-order chi connectivity index (χ1) is 10.0. The number of ketones is 2. The number of allylic oxidation sites excluding steroid dienone is 2. The van der Waals surface area contributed by atoms with Crippen LogP contribution in [0.25, 0.3) is 0 Å². The van der Waals surface area contributed by atoms with E-state index in [9.17, 15) is 14.4 Å². The average Bonchev–Trinajstić information content (AvgIpc) is 3.27. The minimum atomic E-state index is -0.878. The Balaban J connectivity index is 1.89. The smallest absolute Gasteiger partial charge is 0.404 e. The van der Waals surface area contributed by atoms with Crippen LogP contribution in [-0.4, -0.2) is 60.2 Å². The molecule has 3 aliphatic rings. The van der Waals surface area contributed by atoms with Crippen molar-refractivity contribution in [2.75, 3.05) is 32.8 Å². The molecule has 21 heavy (non-hydrogen) atoms. The molecule has 2 aliphatic heterocycles. The highest BCUT2D eigenvalue weighted by Crippen LogP contribution is 2.34. The molecule has 2 saturated heterocycles. The molecule has 2 N–H and O–H groups in total. The number of hydrogen-bond donors (Lipinski definition) is 1. The third-order valence-corrected chi connectivity index (χ3v) is 3.81. The second-order valence-electron chi connectivity index (χ2n) is 5.35. The molecule has 3 rings (SSSR count). The fourth-order valence-electron chi connectivity index (χ4n) is 2.59. The molecule has 0 unspecified atom stereocenters. The largest absolute Gasteiger partial charge is 0.449 e. The molecule has 1 aliphatic carbocycles. The van der Waals surface area contributed by atoms with Crippen LogP contribution in [-0.2, 0) is 14.3 Å². The predicted octanol–water partition coefficient (Wildman–Crippen LogP) is -0.217. The van der Waals surface area contributed by atoms with Gasteiger partial charge in [0.25, 0.3) is 0 Å². The lowest BCUT2D eigenvalue weighted by Gasteiger charge is -2.23. The van der Waals surface area contributed by atoms with Gasteiger partial charge in [-0.25, -0.2) is 4.79 Å². The van der Waals surface area contributed by atoms with Gasteiger partial charge in [0.2, 0.25) is 11.6 Å². The summed E-state index contributed by atoms with van der Waals surface area (Å²) in [6.07, 6.45) is -0.666. The Morgan fingerprint density at radius 1 is 1.10 bits per heavy atom. The summed E-state index contributed by atoms with van der Waals surface area (Å²) >= 11 is 0. The number of amides is 1. The Bertz CT molecular complexity index is 597. The number of Topliss-reactive ketones (excluding diaryl/α,β-unsaturated/α-hetero) is 2. The normalized spacial score (nSPS) is 21.2. The van der Waals surface area contributed by atoms with Crippen molar-refractivity contribution >= 4 is 17.7 Å². The van der Waals surface area contributed by atoms with Crippen LogP contribution in [0.3, 0.4) is 0 Å². The lowest BCUT2D eigenvalue weighted by molar-refractivity contribution is -0.118. The second kappa shape index (κ2) is 4.91. The zero-order chi connectivity index (χ0) is 15.1. The van der Waals surface area contributed by atoms with Crippen LogP contribution in [0.5, 0.6) is 0 Å². The van der Waals surface area contributed by atoms with Crippen LogP contribution in [0.2, 0.25) is 0 Å². The van der Waals surface area contributed by atoms with Gasteiger partial charge in [0, 0.05) is 43.7 Å². The first-order valence-electron chi connectivity index (χ1n) is 6.96. The number of carbonyl (C=O) groups is 3. The van der Waals surface area contributed by atoms with E-state index < -0.39 is 6.09 Å². The van der Waals surface area contributed by atoms with E-state index in [-0.39, 0.29) is 24.6 Å². The number of ether oxygens (including phenoxy) is 1. The molecule has 7 nitrogen and oxygen atoms in total. The first kappa shape index (κ1) is 13.7. The van der Waals surface area contributed by atoms with Gasteiger partial charge in [0.15, 0.2) is 0 Å². The van der Waals surface area contributed by atoms with Crippen LogP contribution in [0.1, 0.15) is 13.3 Å². The fourth-order valence-corrected chi connectivity index (χ4v) is 2.59. The maximum absolute atomic E-state index is 12.7. The van der Waals surface area contributed by atoms with E-state index in [0.29, 0.717) is 22.5 Å². The van der Waals surface area contributed by atoms with E-state index in [1.165, 1.54) is 0 Å². The monoisotopic (exact) mass is 291 g/mol. The minimum Gasteiger partial charge on any atom is -0.449 e. The summed E-state index contributed by atoms with van der Waals surface area (Å²) in [7, 11) is 0. The summed E-state index contributed by atoms with van der Waals surface area (Å²) < 4.78 is 4.71. The number of nitrogens with two attached hydrogens (primary N) is 1. The third kappa shape index (κ3) is 2.51. The third-order valence-electron chi connectivity index (χ3n) is 3.81. The molecular weight excluding hydrogens is 274 g/mol. The molecule has 0 spiro atoms. The number of primary amides is 1. The van der Waals surface area contributed by atoms with Crippen LogP contribution in [0.4, 0.5) is 4.79 Å². The van der Waals surface area contributed by atoms with E-state index in [4.69, 9.17) is 10.5 Å². The van der Waals surface area contributed by atoms with Crippen molar-refractivity contribution in [3.63, 3.8) is 0 Å². The highest BCUT2D eigenvalue weighted by Gasteiger charge is 2.41. The second-order valence-corrected chi connectivity index (χ2v) is 5.35. The highest BCUT2D eigenvalue weighted by atomic mass is 16.5. The number of rotatable bonds is 5. The van der Waals surface area contributed by atoms with Crippen LogP contribution in [0.15, 0.2) is 22.5 Å². The maximum atomic E-state index is 12.7. The van der Waals surface area contributed by atoms with Crippen LogP contribution in [0, 0.1) is 0 Å². The van der Waals surface area contributed by atoms with E-state index in [2.05, 4.69) is 0 Å². The van der Waals surface area contributed by atoms with Crippen molar-refractivity contribution in [3.05, 3.63) is 22.5 Å². The summed E-state index contributed by atoms with van der Waals surface area (Å²) in [5, 5.41) is 0. The fraction of sp³-hybridized carbons (Fsp3) is 0.500. The van der Waals surface area contributed by atoms with Crippen molar-refractivity contribution in [2.24, 2.45) is 5.73 Å². The van der Waals surface area contributed by atoms with Crippen LogP contribution < -0.4 is 5.73 Å². The van der Waals surface area contributed by atoms with Crippen molar-refractivity contribution in [3.8, 4) is 0 Å². The van der Waals surface area contributed by atoms with Gasteiger partial charge in [-0.15, -0.1) is 0 Å². The van der Waals surface area contributed by atoms with Gasteiger partial charge < -0.3 is 20.3 Å². The highest BCUT2D eigenvalue weighted by molar-refractivity contribution is 6.24. The van der Waals surface area contributed by atoms with Gasteiger partial charge in [0.05, 0.1) is 18.0 Å². The molecule has 2 heterocycles. The Hall–Kier alpha value is -2.31. The molecule has 0 aromatic carbocycles. The minimum absolute atomic E-state index is 0.00730. The Morgan fingerprint density at radius 2 is 1.67 bits per heavy atom. The van der Waals surface area contributed by atoms with Gasteiger partial charge in [-0.1, -0.05) is 0 Å². The Morgan fingerprint density at radius 3 is 2.19 bits per heavy atom. The quantitative estimate of drug-likeness (QED) is 0.556. The van der Waals surface area contributed by atoms with Crippen molar-refractivity contribution < 1.29 is 19.1 Å². The van der Waals surface area contributed by atoms with Crippen molar-refractivity contribution in [1.29, 1.82) is 0 Å². The van der Waals surface area contributed by atoms with E-state index in [0.717, 1.165) is 26.2 Å². The summed E-state index contributed by atoms with van der Waals surface area (Å²) in [4.78, 5) is 39.6. The molecule has 1 amide bonds. The zero-order valence-electron chi connectivity index (χ0n) is 11.8. The molecule has 0 aromatic heterocycles. The number of nitrogens with zero attached hydrogens (tertiary/aromatic N) is 2. The lowest BCUT2D eigenvalue weighted by atomic mass is 9.89. The molecule has 0 radical (unpaired) electrons. The number of carbonyl (C=O) groups excluding carboxylic acids is 3.